The minimum atomic E-state index is -3.82. The first-order valence-electron chi connectivity index (χ1n) is 6.77. The number of hydrogen-bond donors (Lipinski definition) is 1. The summed E-state index contributed by atoms with van der Waals surface area (Å²) in [6, 6.07) is 4.98. The van der Waals surface area contributed by atoms with Crippen molar-refractivity contribution < 1.29 is 16.8 Å². The van der Waals surface area contributed by atoms with Gasteiger partial charge in [0.05, 0.1) is 9.79 Å². The number of hydrogen-bond acceptors (Lipinski definition) is 4. The predicted molar refractivity (Wildman–Crippen MR) is 79.6 cm³/mol. The van der Waals surface area contributed by atoms with Gasteiger partial charge in [-0.25, -0.2) is 22.0 Å². The molecule has 118 valence electrons. The van der Waals surface area contributed by atoms with Crippen molar-refractivity contribution in [3.05, 3.63) is 24.3 Å². The van der Waals surface area contributed by atoms with Crippen molar-refractivity contribution in [2.24, 2.45) is 11.1 Å². The summed E-state index contributed by atoms with van der Waals surface area (Å²) >= 11 is 0. The van der Waals surface area contributed by atoms with Gasteiger partial charge in [0.1, 0.15) is 0 Å². The minimum Gasteiger partial charge on any atom is -0.225 e. The van der Waals surface area contributed by atoms with E-state index in [4.69, 9.17) is 5.14 Å². The van der Waals surface area contributed by atoms with Crippen LogP contribution in [0.4, 0.5) is 0 Å². The van der Waals surface area contributed by atoms with Crippen molar-refractivity contribution in [3.8, 4) is 0 Å². The molecule has 2 rings (SSSR count). The Morgan fingerprint density at radius 1 is 1.00 bits per heavy atom. The number of nitrogens with two attached hydrogens (primary N) is 1. The van der Waals surface area contributed by atoms with E-state index >= 15 is 0 Å². The van der Waals surface area contributed by atoms with Crippen molar-refractivity contribution in [3.63, 3.8) is 0 Å². The monoisotopic (exact) mass is 332 g/mol. The smallest absolute Gasteiger partial charge is 0.225 e. The molecule has 6 nitrogen and oxygen atoms in total. The Bertz CT molecular complexity index is 711. The summed E-state index contributed by atoms with van der Waals surface area (Å²) in [5, 5.41) is 5.01. The first-order valence-corrected chi connectivity index (χ1v) is 9.75. The molecule has 1 aromatic rings. The van der Waals surface area contributed by atoms with E-state index in [2.05, 4.69) is 0 Å². The third-order valence-electron chi connectivity index (χ3n) is 3.82. The molecule has 0 amide bonds. The molecule has 0 aromatic heterocycles. The van der Waals surface area contributed by atoms with Crippen LogP contribution in [0.25, 0.3) is 0 Å². The van der Waals surface area contributed by atoms with E-state index in [1.54, 1.807) is 0 Å². The lowest BCUT2D eigenvalue weighted by Gasteiger charge is -2.35. The fourth-order valence-electron chi connectivity index (χ4n) is 2.52. The molecular formula is C13H20N2O4S2. The lowest BCUT2D eigenvalue weighted by atomic mass is 9.97. The summed E-state index contributed by atoms with van der Waals surface area (Å²) in [5.41, 5.74) is 0. The zero-order valence-corrected chi connectivity index (χ0v) is 13.7. The molecule has 8 heteroatoms. The average Bonchev–Trinajstić information content (AvgIpc) is 2.40. The molecule has 1 saturated heterocycles. The van der Waals surface area contributed by atoms with Gasteiger partial charge in [0.2, 0.25) is 20.0 Å². The highest BCUT2D eigenvalue weighted by Crippen LogP contribution is 2.28. The SMILES string of the molecule is CC1CCC(C)N(S(=O)(=O)c2ccc(S(N)(=O)=O)cc2)C1. The van der Waals surface area contributed by atoms with E-state index in [0.29, 0.717) is 12.5 Å². The molecule has 0 bridgehead atoms. The Balaban J connectivity index is 2.35. The number of rotatable bonds is 3. The van der Waals surface area contributed by atoms with Crippen LogP contribution in [-0.2, 0) is 20.0 Å². The Kier molecular flexibility index (Phi) is 4.44. The molecule has 0 aliphatic carbocycles. The second-order valence-corrected chi connectivity index (χ2v) is 9.07. The number of sulfonamides is 2. The van der Waals surface area contributed by atoms with Gasteiger partial charge in [-0.3, -0.25) is 0 Å². The zero-order valence-electron chi connectivity index (χ0n) is 12.1. The molecule has 1 aliphatic heterocycles. The standard InChI is InChI=1S/C13H20N2O4S2/c1-10-3-4-11(2)15(9-10)21(18,19)13-7-5-12(6-8-13)20(14,16)17/h5-8,10-11H,3-4,9H2,1-2H3,(H2,14,16,17). The van der Waals surface area contributed by atoms with E-state index in [0.717, 1.165) is 12.8 Å². The van der Waals surface area contributed by atoms with Crippen LogP contribution in [0.15, 0.2) is 34.1 Å². The first kappa shape index (κ1) is 16.4. The Morgan fingerprint density at radius 3 is 2.05 bits per heavy atom. The van der Waals surface area contributed by atoms with Gasteiger partial charge in [-0.05, 0) is 49.9 Å². The molecule has 1 aliphatic rings. The Labute approximate surface area is 126 Å². The molecule has 2 unspecified atom stereocenters. The van der Waals surface area contributed by atoms with Crippen LogP contribution in [0.5, 0.6) is 0 Å². The number of nitrogens with zero attached hydrogens (tertiary/aromatic N) is 1. The predicted octanol–water partition coefficient (Wildman–Crippen LogP) is 1.14. The minimum absolute atomic E-state index is 0.0517. The van der Waals surface area contributed by atoms with E-state index in [-0.39, 0.29) is 15.8 Å². The molecule has 1 heterocycles. The van der Waals surface area contributed by atoms with Crippen LogP contribution in [0, 0.1) is 5.92 Å². The highest BCUT2D eigenvalue weighted by molar-refractivity contribution is 7.89. The highest BCUT2D eigenvalue weighted by Gasteiger charge is 2.33. The van der Waals surface area contributed by atoms with Crippen LogP contribution in [0.1, 0.15) is 26.7 Å². The van der Waals surface area contributed by atoms with E-state index in [1.165, 1.54) is 28.6 Å². The van der Waals surface area contributed by atoms with E-state index < -0.39 is 20.0 Å². The van der Waals surface area contributed by atoms with Gasteiger partial charge in [0, 0.05) is 12.6 Å². The fraction of sp³-hybridized carbons (Fsp3) is 0.538. The number of piperidine rings is 1. The summed E-state index contributed by atoms with van der Waals surface area (Å²) in [6.07, 6.45) is 1.84. The van der Waals surface area contributed by atoms with Crippen molar-refractivity contribution in [1.82, 2.24) is 4.31 Å². The summed E-state index contributed by atoms with van der Waals surface area (Å²) in [4.78, 5) is -0.00244. The maximum atomic E-state index is 12.6. The molecule has 2 N–H and O–H groups in total. The summed E-state index contributed by atoms with van der Waals surface area (Å²) in [7, 11) is -7.43. The molecular weight excluding hydrogens is 312 g/mol. The summed E-state index contributed by atoms with van der Waals surface area (Å²) in [6.45, 7) is 4.40. The van der Waals surface area contributed by atoms with Crippen molar-refractivity contribution in [2.45, 2.75) is 42.5 Å². The third kappa shape index (κ3) is 3.45. The van der Waals surface area contributed by atoms with Gasteiger partial charge in [0.25, 0.3) is 0 Å². The van der Waals surface area contributed by atoms with Crippen LogP contribution in [-0.4, -0.2) is 33.7 Å². The topological polar surface area (TPSA) is 97.5 Å². The number of primary sulfonamides is 1. The molecule has 0 radical (unpaired) electrons. The lowest BCUT2D eigenvalue weighted by Crippen LogP contribution is -2.44. The van der Waals surface area contributed by atoms with Gasteiger partial charge < -0.3 is 0 Å². The molecule has 21 heavy (non-hydrogen) atoms. The normalized spacial score (nSPS) is 24.9. The zero-order chi connectivity index (χ0) is 15.8. The van der Waals surface area contributed by atoms with Crippen molar-refractivity contribution in [2.75, 3.05) is 6.54 Å². The quantitative estimate of drug-likeness (QED) is 0.897. The lowest BCUT2D eigenvalue weighted by molar-refractivity contribution is 0.218. The van der Waals surface area contributed by atoms with Gasteiger partial charge in [-0.2, -0.15) is 4.31 Å². The Hall–Kier alpha value is -0.960. The van der Waals surface area contributed by atoms with E-state index in [9.17, 15) is 16.8 Å². The third-order valence-corrected chi connectivity index (χ3v) is 6.74. The second-order valence-electron chi connectivity index (χ2n) is 5.62. The highest BCUT2D eigenvalue weighted by atomic mass is 32.2. The van der Waals surface area contributed by atoms with Crippen LogP contribution >= 0.6 is 0 Å². The summed E-state index contributed by atoms with van der Waals surface area (Å²) in [5.74, 6) is 0.319. The van der Waals surface area contributed by atoms with Gasteiger partial charge in [-0.15, -0.1) is 0 Å². The van der Waals surface area contributed by atoms with Gasteiger partial charge in [-0.1, -0.05) is 6.92 Å². The van der Waals surface area contributed by atoms with Crippen molar-refractivity contribution >= 4 is 20.0 Å². The van der Waals surface area contributed by atoms with Crippen LogP contribution in [0.3, 0.4) is 0 Å². The second kappa shape index (κ2) is 5.68. The van der Waals surface area contributed by atoms with Crippen molar-refractivity contribution in [1.29, 1.82) is 0 Å². The maximum absolute atomic E-state index is 12.6. The molecule has 1 aromatic carbocycles. The largest absolute Gasteiger partial charge is 0.243 e. The van der Waals surface area contributed by atoms with Gasteiger partial charge in [0.15, 0.2) is 0 Å². The first-order chi connectivity index (χ1) is 9.62. The molecule has 1 fully saturated rings. The number of benzene rings is 1. The maximum Gasteiger partial charge on any atom is 0.243 e. The summed E-state index contributed by atoms with van der Waals surface area (Å²) < 4.78 is 49.2. The van der Waals surface area contributed by atoms with Crippen LogP contribution in [0.2, 0.25) is 0 Å². The Morgan fingerprint density at radius 2 is 1.52 bits per heavy atom. The molecule has 2 atom stereocenters. The molecule has 0 saturated carbocycles. The fourth-order valence-corrected chi connectivity index (χ4v) is 4.82. The van der Waals surface area contributed by atoms with Crippen LogP contribution < -0.4 is 5.14 Å². The van der Waals surface area contributed by atoms with Gasteiger partial charge >= 0.3 is 0 Å². The van der Waals surface area contributed by atoms with E-state index in [1.807, 2.05) is 13.8 Å². The average molecular weight is 332 g/mol. The molecule has 0 spiro atoms.